The Balaban J connectivity index is 1.79. The van der Waals surface area contributed by atoms with Gasteiger partial charge >= 0.3 is 0 Å². The molecular weight excluding hydrogens is 250 g/mol. The van der Waals surface area contributed by atoms with Crippen molar-refractivity contribution in [2.45, 2.75) is 70.1 Å². The van der Waals surface area contributed by atoms with Crippen LogP contribution in [0.2, 0.25) is 0 Å². The number of piperidine rings is 1. The predicted molar refractivity (Wildman–Crippen MR) is 78.7 cm³/mol. The second kappa shape index (κ2) is 5.84. The van der Waals surface area contributed by atoms with Crippen molar-refractivity contribution in [1.29, 1.82) is 0 Å². The molecule has 4 heteroatoms. The van der Waals surface area contributed by atoms with Gasteiger partial charge in [0, 0.05) is 11.3 Å². The quantitative estimate of drug-likeness (QED) is 0.916. The van der Waals surface area contributed by atoms with Gasteiger partial charge in [-0.2, -0.15) is 4.98 Å². The van der Waals surface area contributed by atoms with E-state index in [0.717, 1.165) is 37.6 Å². The molecule has 0 amide bonds. The van der Waals surface area contributed by atoms with Gasteiger partial charge in [0.05, 0.1) is 0 Å². The Morgan fingerprint density at radius 3 is 2.60 bits per heavy atom. The van der Waals surface area contributed by atoms with Crippen LogP contribution in [-0.4, -0.2) is 23.2 Å². The van der Waals surface area contributed by atoms with Crippen LogP contribution < -0.4 is 5.32 Å². The molecule has 1 saturated carbocycles. The van der Waals surface area contributed by atoms with Crippen LogP contribution in [0.25, 0.3) is 0 Å². The zero-order chi connectivity index (χ0) is 14.0. The minimum atomic E-state index is 0.173. The molecule has 20 heavy (non-hydrogen) atoms. The van der Waals surface area contributed by atoms with E-state index in [9.17, 15) is 0 Å². The Morgan fingerprint density at radius 2 is 1.95 bits per heavy atom. The number of rotatable bonds is 4. The lowest BCUT2D eigenvalue weighted by Gasteiger charge is -2.26. The van der Waals surface area contributed by atoms with Gasteiger partial charge in [-0.3, -0.25) is 0 Å². The third-order valence-corrected chi connectivity index (χ3v) is 4.96. The average Bonchev–Trinajstić information content (AvgIpc) is 3.08. The van der Waals surface area contributed by atoms with Gasteiger partial charge in [-0.1, -0.05) is 31.8 Å². The molecule has 112 valence electrons. The van der Waals surface area contributed by atoms with Gasteiger partial charge in [0.15, 0.2) is 5.82 Å². The lowest BCUT2D eigenvalue weighted by Crippen LogP contribution is -2.27. The second-order valence-electron chi connectivity index (χ2n) is 7.07. The normalized spacial score (nSPS) is 23.6. The van der Waals surface area contributed by atoms with Gasteiger partial charge in [-0.15, -0.1) is 0 Å². The Hall–Kier alpha value is -0.900. The highest BCUT2D eigenvalue weighted by atomic mass is 16.5. The van der Waals surface area contributed by atoms with Gasteiger partial charge in [0.1, 0.15) is 0 Å². The van der Waals surface area contributed by atoms with Crippen molar-refractivity contribution in [3.05, 3.63) is 11.7 Å². The van der Waals surface area contributed by atoms with Gasteiger partial charge in [-0.25, -0.2) is 0 Å². The summed E-state index contributed by atoms with van der Waals surface area (Å²) >= 11 is 0. The first-order chi connectivity index (χ1) is 9.70. The van der Waals surface area contributed by atoms with Crippen LogP contribution in [0.3, 0.4) is 0 Å². The topological polar surface area (TPSA) is 51.0 Å². The van der Waals surface area contributed by atoms with Gasteiger partial charge < -0.3 is 9.84 Å². The summed E-state index contributed by atoms with van der Waals surface area (Å²) in [6.45, 7) is 6.74. The minimum absolute atomic E-state index is 0.173. The molecule has 1 saturated heterocycles. The average molecular weight is 277 g/mol. The van der Waals surface area contributed by atoms with E-state index in [2.05, 4.69) is 24.3 Å². The molecule has 2 fully saturated rings. The fourth-order valence-electron chi connectivity index (χ4n) is 4.03. The lowest BCUT2D eigenvalue weighted by atomic mass is 9.78. The van der Waals surface area contributed by atoms with Crippen molar-refractivity contribution in [2.24, 2.45) is 5.92 Å². The van der Waals surface area contributed by atoms with Crippen LogP contribution in [0.4, 0.5) is 0 Å². The van der Waals surface area contributed by atoms with Crippen LogP contribution in [-0.2, 0) is 5.41 Å². The smallest absolute Gasteiger partial charge is 0.232 e. The molecule has 1 aliphatic carbocycles. The van der Waals surface area contributed by atoms with E-state index in [1.807, 2.05) is 0 Å². The Morgan fingerprint density at radius 1 is 1.25 bits per heavy atom. The summed E-state index contributed by atoms with van der Waals surface area (Å²) < 4.78 is 5.72. The van der Waals surface area contributed by atoms with Crippen molar-refractivity contribution in [3.63, 3.8) is 0 Å². The first-order valence-corrected chi connectivity index (χ1v) is 8.24. The maximum Gasteiger partial charge on any atom is 0.232 e. The van der Waals surface area contributed by atoms with E-state index in [1.165, 1.54) is 32.1 Å². The monoisotopic (exact) mass is 277 g/mol. The number of aromatic nitrogens is 2. The molecule has 1 aliphatic heterocycles. The fourth-order valence-corrected chi connectivity index (χ4v) is 4.03. The van der Waals surface area contributed by atoms with Crippen LogP contribution in [0.5, 0.6) is 0 Å². The van der Waals surface area contributed by atoms with E-state index in [-0.39, 0.29) is 5.41 Å². The van der Waals surface area contributed by atoms with Crippen molar-refractivity contribution in [3.8, 4) is 0 Å². The molecule has 0 atom stereocenters. The Labute approximate surface area is 121 Å². The van der Waals surface area contributed by atoms with Crippen molar-refractivity contribution in [2.75, 3.05) is 13.1 Å². The van der Waals surface area contributed by atoms with Crippen molar-refractivity contribution in [1.82, 2.24) is 15.5 Å². The van der Waals surface area contributed by atoms with E-state index < -0.39 is 0 Å². The van der Waals surface area contributed by atoms with Crippen LogP contribution in [0.15, 0.2) is 4.52 Å². The molecule has 2 aliphatic rings. The summed E-state index contributed by atoms with van der Waals surface area (Å²) in [5.74, 6) is 3.06. The molecule has 1 aromatic rings. The SMILES string of the molecule is CC(C)CC1(c2nc(C3CCNCC3)no2)CCCC1. The number of hydrogen-bond acceptors (Lipinski definition) is 4. The highest BCUT2D eigenvalue weighted by molar-refractivity contribution is 5.10. The maximum atomic E-state index is 5.72. The maximum absolute atomic E-state index is 5.72. The summed E-state index contributed by atoms with van der Waals surface area (Å²) in [7, 11) is 0. The van der Waals surface area contributed by atoms with Gasteiger partial charge in [0.25, 0.3) is 0 Å². The summed E-state index contributed by atoms with van der Waals surface area (Å²) in [5.41, 5.74) is 0.173. The number of hydrogen-bond donors (Lipinski definition) is 1. The summed E-state index contributed by atoms with van der Waals surface area (Å²) in [4.78, 5) is 4.84. The molecule has 0 spiro atoms. The molecule has 3 rings (SSSR count). The minimum Gasteiger partial charge on any atom is -0.339 e. The molecular formula is C16H27N3O. The number of nitrogens with one attached hydrogen (secondary N) is 1. The van der Waals surface area contributed by atoms with Crippen LogP contribution in [0.1, 0.15) is 76.4 Å². The van der Waals surface area contributed by atoms with Crippen molar-refractivity contribution < 1.29 is 4.52 Å². The van der Waals surface area contributed by atoms with Gasteiger partial charge in [-0.05, 0) is 51.1 Å². The van der Waals surface area contributed by atoms with Crippen LogP contribution in [0, 0.1) is 5.92 Å². The summed E-state index contributed by atoms with van der Waals surface area (Å²) in [5, 5.41) is 7.72. The molecule has 0 unspecified atom stereocenters. The van der Waals surface area contributed by atoms with E-state index in [4.69, 9.17) is 9.51 Å². The first kappa shape index (κ1) is 14.1. The molecule has 1 aromatic heterocycles. The largest absolute Gasteiger partial charge is 0.339 e. The van der Waals surface area contributed by atoms with E-state index in [1.54, 1.807) is 0 Å². The number of nitrogens with zero attached hydrogens (tertiary/aromatic N) is 2. The standard InChI is InChI=1S/C16H27N3O/c1-12(2)11-16(7-3-4-8-16)15-18-14(19-20-15)13-5-9-17-10-6-13/h12-13,17H,3-11H2,1-2H3. The van der Waals surface area contributed by atoms with Crippen LogP contribution >= 0.6 is 0 Å². The molecule has 0 bridgehead atoms. The highest BCUT2D eigenvalue weighted by Crippen LogP contribution is 2.45. The fraction of sp³-hybridized carbons (Fsp3) is 0.875. The van der Waals surface area contributed by atoms with E-state index in [0.29, 0.717) is 11.8 Å². The predicted octanol–water partition coefficient (Wildman–Crippen LogP) is 3.39. The third-order valence-electron chi connectivity index (χ3n) is 4.96. The zero-order valence-corrected chi connectivity index (χ0v) is 12.8. The molecule has 0 radical (unpaired) electrons. The molecule has 2 heterocycles. The Kier molecular flexibility index (Phi) is 4.11. The molecule has 1 N–H and O–H groups in total. The van der Waals surface area contributed by atoms with Gasteiger partial charge in [0.2, 0.25) is 5.89 Å². The molecule has 4 nitrogen and oxygen atoms in total. The highest BCUT2D eigenvalue weighted by Gasteiger charge is 2.41. The first-order valence-electron chi connectivity index (χ1n) is 8.24. The lowest BCUT2D eigenvalue weighted by molar-refractivity contribution is 0.243. The van der Waals surface area contributed by atoms with E-state index >= 15 is 0 Å². The van der Waals surface area contributed by atoms with Crippen molar-refractivity contribution >= 4 is 0 Å². The zero-order valence-electron chi connectivity index (χ0n) is 12.8. The molecule has 0 aromatic carbocycles. The summed E-state index contributed by atoms with van der Waals surface area (Å²) in [6, 6.07) is 0. The third kappa shape index (κ3) is 2.76. The summed E-state index contributed by atoms with van der Waals surface area (Å²) in [6.07, 6.45) is 8.50. The second-order valence-corrected chi connectivity index (χ2v) is 7.07. The Bertz CT molecular complexity index is 429.